The van der Waals surface area contributed by atoms with E-state index < -0.39 is 0 Å². The van der Waals surface area contributed by atoms with Crippen LogP contribution < -0.4 is 11.1 Å². The molecule has 0 aromatic carbocycles. The van der Waals surface area contributed by atoms with E-state index in [0.717, 1.165) is 25.1 Å². The molecule has 1 fully saturated rings. The fourth-order valence-corrected chi connectivity index (χ4v) is 2.86. The van der Waals surface area contributed by atoms with Crippen molar-refractivity contribution in [2.24, 2.45) is 11.7 Å². The van der Waals surface area contributed by atoms with Crippen molar-refractivity contribution in [2.75, 3.05) is 25.0 Å². The molecule has 2 atom stereocenters. The van der Waals surface area contributed by atoms with Crippen LogP contribution in [-0.4, -0.2) is 36.5 Å². The minimum absolute atomic E-state index is 0.115. The zero-order valence-corrected chi connectivity index (χ0v) is 12.8. The van der Waals surface area contributed by atoms with Crippen LogP contribution in [0.25, 0.3) is 0 Å². The van der Waals surface area contributed by atoms with Crippen LogP contribution >= 0.6 is 0 Å². The number of carbonyl (C=O) groups excluding carboxylic acids is 1. The van der Waals surface area contributed by atoms with E-state index in [4.69, 9.17) is 15.4 Å². The molecule has 6 heteroatoms. The van der Waals surface area contributed by atoms with Gasteiger partial charge >= 0.3 is 0 Å². The van der Waals surface area contributed by atoms with Gasteiger partial charge in [0.25, 0.3) is 0 Å². The van der Waals surface area contributed by atoms with Crippen molar-refractivity contribution < 1.29 is 9.21 Å². The predicted octanol–water partition coefficient (Wildman–Crippen LogP) is 1.38. The molecule has 3 N–H and O–H groups in total. The first-order valence-electron chi connectivity index (χ1n) is 7.18. The molecular formula is C15H22N4O2. The molecular weight excluding hydrogens is 268 g/mol. The van der Waals surface area contributed by atoms with Gasteiger partial charge in [-0.05, 0) is 26.2 Å². The van der Waals surface area contributed by atoms with E-state index in [1.54, 1.807) is 13.8 Å². The summed E-state index contributed by atoms with van der Waals surface area (Å²) in [6.45, 7) is 7.57. The van der Waals surface area contributed by atoms with Crippen molar-refractivity contribution in [3.63, 3.8) is 0 Å². The molecule has 1 aromatic rings. The second-order valence-electron chi connectivity index (χ2n) is 5.94. The topological polar surface area (TPSA) is 95.3 Å². The quantitative estimate of drug-likeness (QED) is 0.876. The number of nitrogens with one attached hydrogen (secondary N) is 1. The zero-order valence-electron chi connectivity index (χ0n) is 12.8. The van der Waals surface area contributed by atoms with Crippen molar-refractivity contribution in [3.05, 3.63) is 16.9 Å². The minimum atomic E-state index is -0.179. The smallest absolute Gasteiger partial charge is 0.240 e. The number of amides is 1. The third kappa shape index (κ3) is 3.63. The number of anilines is 1. The molecule has 21 heavy (non-hydrogen) atoms. The number of carbonyl (C=O) groups is 1. The van der Waals surface area contributed by atoms with Crippen molar-refractivity contribution in [1.82, 2.24) is 4.90 Å². The molecule has 0 saturated carbocycles. The Morgan fingerprint density at radius 1 is 1.52 bits per heavy atom. The van der Waals surface area contributed by atoms with Gasteiger partial charge in [0.2, 0.25) is 11.8 Å². The summed E-state index contributed by atoms with van der Waals surface area (Å²) in [6.07, 6.45) is 0.993. The molecule has 2 heterocycles. The first-order chi connectivity index (χ1) is 9.90. The molecule has 2 unspecified atom stereocenters. The fraction of sp³-hybridized carbons (Fsp3) is 0.600. The molecule has 0 aliphatic carbocycles. The SMILES string of the molecule is Cc1oc(NC(=O)CN2CC(C)CC(N)C2)c(C#N)c1C. The number of hydrogen-bond acceptors (Lipinski definition) is 5. The van der Waals surface area contributed by atoms with Gasteiger partial charge in [-0.2, -0.15) is 5.26 Å². The van der Waals surface area contributed by atoms with Crippen LogP contribution in [0.1, 0.15) is 30.2 Å². The standard InChI is InChI=1S/C15H22N4O2/c1-9-4-12(17)7-19(6-9)8-14(20)18-15-13(5-16)10(2)11(3)21-15/h9,12H,4,6-8,17H2,1-3H3,(H,18,20). The van der Waals surface area contributed by atoms with Crippen LogP contribution in [0.15, 0.2) is 4.42 Å². The number of nitrogens with two attached hydrogens (primary N) is 1. The van der Waals surface area contributed by atoms with E-state index in [-0.39, 0.29) is 24.4 Å². The van der Waals surface area contributed by atoms with Crippen LogP contribution in [0.5, 0.6) is 0 Å². The summed E-state index contributed by atoms with van der Waals surface area (Å²) < 4.78 is 5.44. The van der Waals surface area contributed by atoms with E-state index in [2.05, 4.69) is 18.3 Å². The maximum absolute atomic E-state index is 12.1. The summed E-state index contributed by atoms with van der Waals surface area (Å²) in [7, 11) is 0. The molecule has 1 aromatic heterocycles. The van der Waals surface area contributed by atoms with Gasteiger partial charge in [0.05, 0.1) is 6.54 Å². The van der Waals surface area contributed by atoms with Gasteiger partial charge in [0.1, 0.15) is 17.4 Å². The van der Waals surface area contributed by atoms with E-state index in [1.807, 2.05) is 4.90 Å². The summed E-state index contributed by atoms with van der Waals surface area (Å²) in [6, 6.07) is 2.18. The number of furan rings is 1. The van der Waals surface area contributed by atoms with Crippen LogP contribution in [0.3, 0.4) is 0 Å². The highest BCUT2D eigenvalue weighted by Crippen LogP contribution is 2.25. The van der Waals surface area contributed by atoms with Gasteiger partial charge < -0.3 is 10.2 Å². The minimum Gasteiger partial charge on any atom is -0.444 e. The first-order valence-corrected chi connectivity index (χ1v) is 7.18. The average Bonchev–Trinajstić information content (AvgIpc) is 2.62. The van der Waals surface area contributed by atoms with E-state index in [1.165, 1.54) is 0 Å². The Morgan fingerprint density at radius 2 is 2.24 bits per heavy atom. The number of aryl methyl sites for hydroxylation is 1. The molecule has 1 aliphatic rings. The molecule has 1 saturated heterocycles. The van der Waals surface area contributed by atoms with E-state index in [0.29, 0.717) is 17.2 Å². The largest absolute Gasteiger partial charge is 0.444 e. The molecule has 114 valence electrons. The highest BCUT2D eigenvalue weighted by molar-refractivity contribution is 5.92. The van der Waals surface area contributed by atoms with Gasteiger partial charge in [0, 0.05) is 24.7 Å². The van der Waals surface area contributed by atoms with E-state index in [9.17, 15) is 4.79 Å². The molecule has 0 spiro atoms. The van der Waals surface area contributed by atoms with Gasteiger partial charge in [-0.3, -0.25) is 15.0 Å². The molecule has 1 aliphatic heterocycles. The normalized spacial score (nSPS) is 22.8. The lowest BCUT2D eigenvalue weighted by atomic mass is 9.97. The molecule has 1 amide bonds. The van der Waals surface area contributed by atoms with Crippen LogP contribution in [0.2, 0.25) is 0 Å². The predicted molar refractivity (Wildman–Crippen MR) is 79.7 cm³/mol. The Morgan fingerprint density at radius 3 is 2.86 bits per heavy atom. The van der Waals surface area contributed by atoms with Crippen LogP contribution in [0.4, 0.5) is 5.88 Å². The van der Waals surface area contributed by atoms with Crippen molar-refractivity contribution in [3.8, 4) is 6.07 Å². The monoisotopic (exact) mass is 290 g/mol. The lowest BCUT2D eigenvalue weighted by molar-refractivity contribution is -0.117. The highest BCUT2D eigenvalue weighted by atomic mass is 16.4. The Labute approximate surface area is 124 Å². The third-order valence-electron chi connectivity index (χ3n) is 3.88. The number of nitrogens with zero attached hydrogens (tertiary/aromatic N) is 2. The fourth-order valence-electron chi connectivity index (χ4n) is 2.86. The van der Waals surface area contributed by atoms with Gasteiger partial charge in [-0.15, -0.1) is 0 Å². The maximum Gasteiger partial charge on any atom is 0.240 e. The zero-order chi connectivity index (χ0) is 15.6. The van der Waals surface area contributed by atoms with Gasteiger partial charge in [0.15, 0.2) is 0 Å². The lowest BCUT2D eigenvalue weighted by Gasteiger charge is -2.34. The second-order valence-corrected chi connectivity index (χ2v) is 5.94. The Bertz CT molecular complexity index is 563. The summed E-state index contributed by atoms with van der Waals surface area (Å²) in [5.41, 5.74) is 7.14. The summed E-state index contributed by atoms with van der Waals surface area (Å²) in [5.74, 6) is 1.20. The van der Waals surface area contributed by atoms with Crippen molar-refractivity contribution in [2.45, 2.75) is 33.2 Å². The number of rotatable bonds is 3. The Hall–Kier alpha value is -1.84. The van der Waals surface area contributed by atoms with Crippen molar-refractivity contribution in [1.29, 1.82) is 5.26 Å². The molecule has 2 rings (SSSR count). The number of hydrogen-bond donors (Lipinski definition) is 2. The number of likely N-dealkylation sites (tertiary alicyclic amines) is 1. The molecule has 6 nitrogen and oxygen atoms in total. The molecule has 0 bridgehead atoms. The number of piperidine rings is 1. The van der Waals surface area contributed by atoms with Gasteiger partial charge in [-0.1, -0.05) is 6.92 Å². The van der Waals surface area contributed by atoms with Crippen LogP contribution in [-0.2, 0) is 4.79 Å². The van der Waals surface area contributed by atoms with Crippen molar-refractivity contribution >= 4 is 11.8 Å². The van der Waals surface area contributed by atoms with Gasteiger partial charge in [-0.25, -0.2) is 0 Å². The number of nitriles is 1. The second kappa shape index (κ2) is 6.29. The summed E-state index contributed by atoms with van der Waals surface area (Å²) >= 11 is 0. The van der Waals surface area contributed by atoms with E-state index >= 15 is 0 Å². The molecule has 0 radical (unpaired) electrons. The summed E-state index contributed by atoms with van der Waals surface area (Å²) in [5, 5.41) is 11.8. The Kier molecular flexibility index (Phi) is 4.66. The Balaban J connectivity index is 1.99. The third-order valence-corrected chi connectivity index (χ3v) is 3.88. The lowest BCUT2D eigenvalue weighted by Crippen LogP contribution is -2.48. The maximum atomic E-state index is 12.1. The highest BCUT2D eigenvalue weighted by Gasteiger charge is 2.24. The summed E-state index contributed by atoms with van der Waals surface area (Å²) in [4.78, 5) is 14.2. The van der Waals surface area contributed by atoms with Crippen LogP contribution in [0, 0.1) is 31.1 Å². The first kappa shape index (κ1) is 15.5. The average molecular weight is 290 g/mol.